The quantitative estimate of drug-likeness (QED) is 0.716. The van der Waals surface area contributed by atoms with Crippen LogP contribution in [0.3, 0.4) is 0 Å². The topological polar surface area (TPSA) is 58.2 Å². The van der Waals surface area contributed by atoms with Crippen molar-refractivity contribution in [3.8, 4) is 0 Å². The Morgan fingerprint density at radius 3 is 2.74 bits per heavy atom. The average Bonchev–Trinajstić information content (AvgIpc) is 2.37. The number of hydrogen-bond acceptors (Lipinski definition) is 4. The van der Waals surface area contributed by atoms with Gasteiger partial charge < -0.3 is 5.32 Å². The lowest BCUT2D eigenvalue weighted by molar-refractivity contribution is 0.577. The highest BCUT2D eigenvalue weighted by atomic mass is 32.2. The predicted octanol–water partition coefficient (Wildman–Crippen LogP) is 1.58. The molecule has 0 radical (unpaired) electrons. The summed E-state index contributed by atoms with van der Waals surface area (Å²) >= 11 is 1.67. The highest BCUT2D eigenvalue weighted by molar-refractivity contribution is 7.98. The largest absolute Gasteiger partial charge is 0.316 e. The molecule has 0 heterocycles. The summed E-state index contributed by atoms with van der Waals surface area (Å²) in [5.41, 5.74) is 0.342. The normalized spacial score (nSPS) is 11.7. The lowest BCUT2D eigenvalue weighted by Crippen LogP contribution is -2.25. The van der Waals surface area contributed by atoms with Gasteiger partial charge in [-0.15, -0.1) is 0 Å². The average molecular weight is 306 g/mol. The Morgan fingerprint density at radius 2 is 2.11 bits per heavy atom. The fourth-order valence-corrected chi connectivity index (χ4v) is 3.11. The third-order valence-electron chi connectivity index (χ3n) is 2.51. The van der Waals surface area contributed by atoms with Gasteiger partial charge in [-0.1, -0.05) is 0 Å². The predicted molar refractivity (Wildman–Crippen MR) is 77.4 cm³/mol. The molecule has 0 aromatic heterocycles. The first-order chi connectivity index (χ1) is 9.01. The van der Waals surface area contributed by atoms with Crippen LogP contribution in [0.4, 0.5) is 4.39 Å². The monoisotopic (exact) mass is 306 g/mol. The number of rotatable bonds is 8. The second-order valence-electron chi connectivity index (χ2n) is 4.03. The van der Waals surface area contributed by atoms with Crippen LogP contribution in [0.2, 0.25) is 0 Å². The molecule has 7 heteroatoms. The van der Waals surface area contributed by atoms with Crippen LogP contribution in [0.1, 0.15) is 12.0 Å². The smallest absolute Gasteiger partial charge is 0.240 e. The maximum Gasteiger partial charge on any atom is 0.240 e. The van der Waals surface area contributed by atoms with Crippen molar-refractivity contribution in [3.05, 3.63) is 29.6 Å². The molecule has 1 aromatic carbocycles. The van der Waals surface area contributed by atoms with E-state index in [2.05, 4.69) is 10.0 Å². The number of nitrogens with one attached hydrogen (secondary N) is 2. The number of benzene rings is 1. The minimum Gasteiger partial charge on any atom is -0.316 e. The number of thioether (sulfide) groups is 1. The zero-order valence-electron chi connectivity index (χ0n) is 11.1. The summed E-state index contributed by atoms with van der Waals surface area (Å²) in [5, 5.41) is 2.81. The first kappa shape index (κ1) is 16.4. The Bertz CT molecular complexity index is 506. The first-order valence-electron chi connectivity index (χ1n) is 5.93. The van der Waals surface area contributed by atoms with Crippen molar-refractivity contribution in [2.45, 2.75) is 17.9 Å². The van der Waals surface area contributed by atoms with Crippen molar-refractivity contribution < 1.29 is 12.8 Å². The molecule has 1 rings (SSSR count). The van der Waals surface area contributed by atoms with Gasteiger partial charge in [0.2, 0.25) is 10.0 Å². The van der Waals surface area contributed by atoms with Crippen LogP contribution in [0.15, 0.2) is 23.1 Å². The summed E-state index contributed by atoms with van der Waals surface area (Å²) in [4.78, 5) is 0.100. The minimum absolute atomic E-state index is 0.100. The van der Waals surface area contributed by atoms with Crippen molar-refractivity contribution in [1.29, 1.82) is 0 Å². The molecule has 1 aromatic rings. The van der Waals surface area contributed by atoms with E-state index in [-0.39, 0.29) is 4.90 Å². The number of hydrogen-bond donors (Lipinski definition) is 2. The summed E-state index contributed by atoms with van der Waals surface area (Å²) in [5.74, 6) is 0.493. The van der Waals surface area contributed by atoms with Crippen LogP contribution in [0.25, 0.3) is 0 Å². The van der Waals surface area contributed by atoms with E-state index in [1.807, 2.05) is 6.26 Å². The lowest BCUT2D eigenvalue weighted by Gasteiger charge is -2.09. The SMILES string of the molecule is CNCc1cc(S(=O)(=O)NCCCSC)ccc1F. The van der Waals surface area contributed by atoms with E-state index in [0.717, 1.165) is 12.2 Å². The number of sulfonamides is 1. The fraction of sp³-hybridized carbons (Fsp3) is 0.500. The van der Waals surface area contributed by atoms with Crippen LogP contribution >= 0.6 is 11.8 Å². The molecule has 2 N–H and O–H groups in total. The van der Waals surface area contributed by atoms with Crippen molar-refractivity contribution >= 4 is 21.8 Å². The zero-order chi connectivity index (χ0) is 14.3. The Labute approximate surface area is 118 Å². The Kier molecular flexibility index (Phi) is 6.78. The minimum atomic E-state index is -3.55. The molecular formula is C12H19FN2O2S2. The second kappa shape index (κ2) is 7.84. The third-order valence-corrected chi connectivity index (χ3v) is 4.67. The van der Waals surface area contributed by atoms with Crippen molar-refractivity contribution in [3.63, 3.8) is 0 Å². The van der Waals surface area contributed by atoms with E-state index in [9.17, 15) is 12.8 Å². The van der Waals surface area contributed by atoms with Crippen LogP contribution in [-0.4, -0.2) is 34.0 Å². The maximum atomic E-state index is 13.4. The van der Waals surface area contributed by atoms with E-state index in [4.69, 9.17) is 0 Å². The standard InChI is InChI=1S/C12H19FN2O2S2/c1-14-9-10-8-11(4-5-12(10)13)19(16,17)15-6-3-7-18-2/h4-5,8,14-15H,3,6-7,9H2,1-2H3. The summed E-state index contributed by atoms with van der Waals surface area (Å²) in [6.07, 6.45) is 2.74. The Hall–Kier alpha value is -0.630. The lowest BCUT2D eigenvalue weighted by atomic mass is 10.2. The molecule has 108 valence electrons. The molecule has 0 unspecified atom stereocenters. The van der Waals surface area contributed by atoms with Gasteiger partial charge in [0.25, 0.3) is 0 Å². The highest BCUT2D eigenvalue weighted by Crippen LogP contribution is 2.15. The highest BCUT2D eigenvalue weighted by Gasteiger charge is 2.15. The third kappa shape index (κ3) is 5.10. The first-order valence-corrected chi connectivity index (χ1v) is 8.80. The van der Waals surface area contributed by atoms with Gasteiger partial charge in [-0.05, 0) is 43.7 Å². The molecule has 0 fully saturated rings. The molecule has 0 spiro atoms. The van der Waals surface area contributed by atoms with Gasteiger partial charge in [0.05, 0.1) is 4.90 Å². The summed E-state index contributed by atoms with van der Waals surface area (Å²) < 4.78 is 40.0. The molecule has 0 amide bonds. The fourth-order valence-electron chi connectivity index (χ4n) is 1.55. The van der Waals surface area contributed by atoms with E-state index >= 15 is 0 Å². The van der Waals surface area contributed by atoms with Crippen LogP contribution < -0.4 is 10.0 Å². The van der Waals surface area contributed by atoms with Gasteiger partial charge in [0.1, 0.15) is 5.82 Å². The van der Waals surface area contributed by atoms with Gasteiger partial charge in [0.15, 0.2) is 0 Å². The number of halogens is 1. The van der Waals surface area contributed by atoms with Gasteiger partial charge >= 0.3 is 0 Å². The molecule has 0 saturated heterocycles. The molecular weight excluding hydrogens is 287 g/mol. The van der Waals surface area contributed by atoms with Crippen LogP contribution in [0, 0.1) is 5.82 Å². The Balaban J connectivity index is 2.80. The molecule has 0 aliphatic rings. The molecule has 0 aliphatic carbocycles. The van der Waals surface area contributed by atoms with E-state index < -0.39 is 15.8 Å². The summed E-state index contributed by atoms with van der Waals surface area (Å²) in [6.45, 7) is 0.684. The van der Waals surface area contributed by atoms with E-state index in [1.54, 1.807) is 18.8 Å². The maximum absolute atomic E-state index is 13.4. The van der Waals surface area contributed by atoms with Crippen molar-refractivity contribution in [2.24, 2.45) is 0 Å². The van der Waals surface area contributed by atoms with Crippen LogP contribution in [-0.2, 0) is 16.6 Å². The van der Waals surface area contributed by atoms with E-state index in [1.165, 1.54) is 18.2 Å². The molecule has 19 heavy (non-hydrogen) atoms. The van der Waals surface area contributed by atoms with Gasteiger partial charge in [-0.2, -0.15) is 11.8 Å². The molecule has 4 nitrogen and oxygen atoms in total. The van der Waals surface area contributed by atoms with Crippen LogP contribution in [0.5, 0.6) is 0 Å². The molecule has 0 atom stereocenters. The van der Waals surface area contributed by atoms with Gasteiger partial charge in [-0.3, -0.25) is 0 Å². The van der Waals surface area contributed by atoms with Crippen molar-refractivity contribution in [2.75, 3.05) is 25.6 Å². The molecule has 0 bridgehead atoms. The Morgan fingerprint density at radius 1 is 1.37 bits per heavy atom. The molecule has 0 aliphatic heterocycles. The van der Waals surface area contributed by atoms with Crippen molar-refractivity contribution in [1.82, 2.24) is 10.0 Å². The zero-order valence-corrected chi connectivity index (χ0v) is 12.7. The second-order valence-corrected chi connectivity index (χ2v) is 6.78. The van der Waals surface area contributed by atoms with Gasteiger partial charge in [-0.25, -0.2) is 17.5 Å². The summed E-state index contributed by atoms with van der Waals surface area (Å²) in [6, 6.07) is 3.83. The molecule has 0 saturated carbocycles. The van der Waals surface area contributed by atoms with E-state index in [0.29, 0.717) is 18.7 Å². The van der Waals surface area contributed by atoms with Gasteiger partial charge in [0, 0.05) is 18.7 Å². The summed E-state index contributed by atoms with van der Waals surface area (Å²) in [7, 11) is -1.87.